The van der Waals surface area contributed by atoms with Gasteiger partial charge >= 0.3 is 0 Å². The molecule has 0 atom stereocenters. The van der Waals surface area contributed by atoms with Crippen molar-refractivity contribution in [2.24, 2.45) is 0 Å². The van der Waals surface area contributed by atoms with Crippen molar-refractivity contribution in [3.05, 3.63) is 60.2 Å². The third-order valence-corrected chi connectivity index (χ3v) is 5.13. The first kappa shape index (κ1) is 21.6. The quantitative estimate of drug-likeness (QED) is 0.611. The first-order valence-electron chi connectivity index (χ1n) is 10.5. The number of carbonyl (C=O) groups excluding carboxylic acids is 1. The summed E-state index contributed by atoms with van der Waals surface area (Å²) in [5.74, 6) is 1.73. The molecule has 1 aliphatic rings. The number of hydrogen-bond acceptors (Lipinski definition) is 7. The first-order valence-corrected chi connectivity index (χ1v) is 10.5. The van der Waals surface area contributed by atoms with Crippen LogP contribution < -0.4 is 19.7 Å². The Labute approximate surface area is 187 Å². The lowest BCUT2D eigenvalue weighted by Gasteiger charge is -2.27. The molecule has 0 saturated carbocycles. The van der Waals surface area contributed by atoms with E-state index >= 15 is 0 Å². The van der Waals surface area contributed by atoms with Gasteiger partial charge in [0.15, 0.2) is 23.9 Å². The molecule has 1 aromatic heterocycles. The number of nitrogens with zero attached hydrogens (tertiary/aromatic N) is 3. The van der Waals surface area contributed by atoms with Crippen molar-refractivity contribution < 1.29 is 19.0 Å². The molecule has 32 heavy (non-hydrogen) atoms. The van der Waals surface area contributed by atoms with Crippen LogP contribution in [0.5, 0.6) is 11.5 Å². The predicted octanol–water partition coefficient (Wildman–Crippen LogP) is 3.31. The van der Waals surface area contributed by atoms with Crippen LogP contribution in [0.25, 0.3) is 11.3 Å². The summed E-state index contributed by atoms with van der Waals surface area (Å²) in [5.41, 5.74) is 3.43. The van der Waals surface area contributed by atoms with Crippen LogP contribution in [0.2, 0.25) is 0 Å². The molecule has 0 unspecified atom stereocenters. The maximum absolute atomic E-state index is 12.3. The zero-order valence-electron chi connectivity index (χ0n) is 18.2. The van der Waals surface area contributed by atoms with Crippen molar-refractivity contribution in [1.82, 2.24) is 10.2 Å². The zero-order valence-corrected chi connectivity index (χ0v) is 18.2. The molecule has 8 nitrogen and oxygen atoms in total. The molecule has 2 aromatic carbocycles. The van der Waals surface area contributed by atoms with Crippen LogP contribution in [0.1, 0.15) is 5.56 Å². The number of rotatable bonds is 7. The van der Waals surface area contributed by atoms with E-state index in [1.54, 1.807) is 13.2 Å². The van der Waals surface area contributed by atoms with E-state index in [2.05, 4.69) is 20.4 Å². The zero-order chi connectivity index (χ0) is 22.3. The fourth-order valence-corrected chi connectivity index (χ4v) is 3.40. The highest BCUT2D eigenvalue weighted by molar-refractivity contribution is 5.92. The highest BCUT2D eigenvalue weighted by atomic mass is 16.5. The number of ether oxygens (including phenoxy) is 3. The number of morpholine rings is 1. The number of methoxy groups -OCH3 is 1. The van der Waals surface area contributed by atoms with E-state index in [0.29, 0.717) is 30.4 Å². The average molecular weight is 434 g/mol. The molecule has 2 heterocycles. The van der Waals surface area contributed by atoms with Crippen molar-refractivity contribution >= 4 is 17.4 Å². The summed E-state index contributed by atoms with van der Waals surface area (Å²) in [5, 5.41) is 11.5. The second-order valence-corrected chi connectivity index (χ2v) is 7.44. The number of hydrogen-bond donors (Lipinski definition) is 1. The molecule has 4 rings (SSSR count). The first-order chi connectivity index (χ1) is 15.6. The largest absolute Gasteiger partial charge is 0.493 e. The Morgan fingerprint density at radius 1 is 1.03 bits per heavy atom. The molecule has 1 aliphatic heterocycles. The topological polar surface area (TPSA) is 85.8 Å². The number of amides is 1. The van der Waals surface area contributed by atoms with Gasteiger partial charge in [0.05, 0.1) is 26.0 Å². The van der Waals surface area contributed by atoms with Crippen LogP contribution >= 0.6 is 0 Å². The molecule has 0 aliphatic carbocycles. The Balaban J connectivity index is 1.33. The minimum atomic E-state index is -0.255. The van der Waals surface area contributed by atoms with Crippen LogP contribution in [-0.2, 0) is 9.53 Å². The van der Waals surface area contributed by atoms with Gasteiger partial charge in [0.1, 0.15) is 0 Å². The van der Waals surface area contributed by atoms with Crippen LogP contribution in [0.3, 0.4) is 0 Å². The fourth-order valence-electron chi connectivity index (χ4n) is 3.40. The van der Waals surface area contributed by atoms with Crippen molar-refractivity contribution in [3.8, 4) is 22.8 Å². The second kappa shape index (κ2) is 10.1. The van der Waals surface area contributed by atoms with Gasteiger partial charge in [-0.3, -0.25) is 4.79 Å². The Bertz CT molecular complexity index is 1050. The maximum atomic E-state index is 12.3. The van der Waals surface area contributed by atoms with Gasteiger partial charge in [-0.05, 0) is 48.9 Å². The lowest BCUT2D eigenvalue weighted by Crippen LogP contribution is -2.36. The van der Waals surface area contributed by atoms with Gasteiger partial charge < -0.3 is 24.4 Å². The lowest BCUT2D eigenvalue weighted by molar-refractivity contribution is -0.118. The van der Waals surface area contributed by atoms with E-state index in [-0.39, 0.29) is 12.5 Å². The Kier molecular flexibility index (Phi) is 6.81. The number of nitrogens with one attached hydrogen (secondary N) is 1. The van der Waals surface area contributed by atoms with E-state index in [9.17, 15) is 4.79 Å². The third-order valence-electron chi connectivity index (χ3n) is 5.13. The maximum Gasteiger partial charge on any atom is 0.262 e. The Morgan fingerprint density at radius 2 is 1.81 bits per heavy atom. The Morgan fingerprint density at radius 3 is 2.50 bits per heavy atom. The molecule has 3 aromatic rings. The van der Waals surface area contributed by atoms with Crippen molar-refractivity contribution in [3.63, 3.8) is 0 Å². The van der Waals surface area contributed by atoms with Crippen molar-refractivity contribution in [2.75, 3.05) is 50.2 Å². The average Bonchev–Trinajstić information content (AvgIpc) is 2.84. The highest BCUT2D eigenvalue weighted by Gasteiger charge is 2.13. The summed E-state index contributed by atoms with van der Waals surface area (Å²) in [6, 6.07) is 17.0. The molecule has 0 bridgehead atoms. The van der Waals surface area contributed by atoms with Crippen molar-refractivity contribution in [1.29, 1.82) is 0 Å². The fraction of sp³-hybridized carbons (Fsp3) is 0.292. The summed E-state index contributed by atoms with van der Waals surface area (Å²) < 4.78 is 16.3. The molecule has 1 fully saturated rings. The molecule has 1 saturated heterocycles. The predicted molar refractivity (Wildman–Crippen MR) is 122 cm³/mol. The van der Waals surface area contributed by atoms with Crippen LogP contribution in [0.4, 0.5) is 11.5 Å². The van der Waals surface area contributed by atoms with Gasteiger partial charge in [0.2, 0.25) is 0 Å². The number of carbonyl (C=O) groups is 1. The standard InChI is InChI=1S/C24H26N4O4/c1-17-3-9-21(22(15-17)30-2)32-16-24(29)25-19-6-4-18(5-7-19)20-8-10-23(27-26-20)28-11-13-31-14-12-28/h3-10,15H,11-14,16H2,1-2H3,(H,25,29). The van der Waals surface area contributed by atoms with E-state index in [0.717, 1.165) is 35.7 Å². The molecular weight excluding hydrogens is 408 g/mol. The molecule has 166 valence electrons. The van der Waals surface area contributed by atoms with Crippen LogP contribution in [0, 0.1) is 6.92 Å². The lowest BCUT2D eigenvalue weighted by atomic mass is 10.1. The summed E-state index contributed by atoms with van der Waals surface area (Å²) in [4.78, 5) is 14.4. The highest BCUT2D eigenvalue weighted by Crippen LogP contribution is 2.27. The summed E-state index contributed by atoms with van der Waals surface area (Å²) in [6.07, 6.45) is 0. The smallest absolute Gasteiger partial charge is 0.262 e. The van der Waals surface area contributed by atoms with Crippen LogP contribution in [-0.4, -0.2) is 56.1 Å². The van der Waals surface area contributed by atoms with Crippen molar-refractivity contribution in [2.45, 2.75) is 6.92 Å². The van der Waals surface area contributed by atoms with E-state index in [4.69, 9.17) is 14.2 Å². The van der Waals surface area contributed by atoms with Gasteiger partial charge in [-0.2, -0.15) is 0 Å². The molecule has 1 amide bonds. The summed E-state index contributed by atoms with van der Waals surface area (Å²) in [6.45, 7) is 4.91. The van der Waals surface area contributed by atoms with Gasteiger partial charge in [0, 0.05) is 24.3 Å². The van der Waals surface area contributed by atoms with Gasteiger partial charge in [-0.15, -0.1) is 10.2 Å². The number of aryl methyl sites for hydroxylation is 1. The number of aromatic nitrogens is 2. The SMILES string of the molecule is COc1cc(C)ccc1OCC(=O)Nc1ccc(-c2ccc(N3CCOCC3)nn2)cc1. The van der Waals surface area contributed by atoms with E-state index in [1.807, 2.05) is 55.5 Å². The number of benzene rings is 2. The minimum Gasteiger partial charge on any atom is -0.493 e. The van der Waals surface area contributed by atoms with E-state index < -0.39 is 0 Å². The van der Waals surface area contributed by atoms with E-state index in [1.165, 1.54) is 0 Å². The Hall–Kier alpha value is -3.65. The van der Waals surface area contributed by atoms with Crippen LogP contribution in [0.15, 0.2) is 54.6 Å². The van der Waals surface area contributed by atoms with Gasteiger partial charge in [-0.25, -0.2) is 0 Å². The second-order valence-electron chi connectivity index (χ2n) is 7.44. The third kappa shape index (κ3) is 5.33. The normalized spacial score (nSPS) is 13.5. The molecule has 0 spiro atoms. The summed E-state index contributed by atoms with van der Waals surface area (Å²) >= 11 is 0. The monoisotopic (exact) mass is 434 g/mol. The van der Waals surface area contributed by atoms with Gasteiger partial charge in [0.25, 0.3) is 5.91 Å². The number of anilines is 2. The molecule has 0 radical (unpaired) electrons. The van der Waals surface area contributed by atoms with Gasteiger partial charge in [-0.1, -0.05) is 18.2 Å². The minimum absolute atomic E-state index is 0.115. The molecule has 1 N–H and O–H groups in total. The summed E-state index contributed by atoms with van der Waals surface area (Å²) in [7, 11) is 1.57. The molecular formula is C24H26N4O4. The molecule has 8 heteroatoms.